The lowest BCUT2D eigenvalue weighted by Crippen LogP contribution is -2.31. The summed E-state index contributed by atoms with van der Waals surface area (Å²) in [6.07, 6.45) is 14.8. The zero-order valence-electron chi connectivity index (χ0n) is 8.97. The number of rotatable bonds is 4. The minimum absolute atomic E-state index is 0.806. The highest BCUT2D eigenvalue weighted by Gasteiger charge is 2.27. The maximum absolute atomic E-state index is 5.42. The van der Waals surface area contributed by atoms with E-state index in [9.17, 15) is 0 Å². The second kappa shape index (κ2) is 4.84. The minimum Gasteiger partial charge on any atom is -0.314 e. The van der Waals surface area contributed by atoms with E-state index in [4.69, 9.17) is 6.42 Å². The van der Waals surface area contributed by atoms with Crippen LogP contribution >= 0.6 is 0 Å². The Hall–Kier alpha value is -0.480. The highest BCUT2D eigenvalue weighted by molar-refractivity contribution is 4.92. The van der Waals surface area contributed by atoms with Gasteiger partial charge in [0, 0.05) is 12.5 Å². The van der Waals surface area contributed by atoms with Crippen molar-refractivity contribution in [3.05, 3.63) is 0 Å². The molecule has 0 bridgehead atoms. The molecule has 0 spiro atoms. The molecule has 0 aromatic carbocycles. The van der Waals surface area contributed by atoms with E-state index < -0.39 is 0 Å². The summed E-state index contributed by atoms with van der Waals surface area (Å²) in [6, 6.07) is 0.850. The summed E-state index contributed by atoms with van der Waals surface area (Å²) in [5.41, 5.74) is 0. The lowest BCUT2D eigenvalue weighted by molar-refractivity contribution is 0.233. The summed E-state index contributed by atoms with van der Waals surface area (Å²) in [5, 5.41) is 3.65. The molecule has 0 aliphatic heterocycles. The average molecular weight is 191 g/mol. The minimum atomic E-state index is 0.806. The van der Waals surface area contributed by atoms with Crippen LogP contribution in [-0.4, -0.2) is 12.6 Å². The van der Waals surface area contributed by atoms with Crippen molar-refractivity contribution in [1.82, 2.24) is 5.32 Å². The Morgan fingerprint density at radius 3 is 2.43 bits per heavy atom. The zero-order valence-corrected chi connectivity index (χ0v) is 8.97. The quantitative estimate of drug-likeness (QED) is 0.673. The molecule has 2 saturated carbocycles. The summed E-state index contributed by atoms with van der Waals surface area (Å²) < 4.78 is 0. The molecule has 2 atom stereocenters. The molecule has 14 heavy (non-hydrogen) atoms. The van der Waals surface area contributed by atoms with Gasteiger partial charge in [0.05, 0.1) is 0 Å². The molecule has 0 aromatic heterocycles. The highest BCUT2D eigenvalue weighted by atomic mass is 14.9. The van der Waals surface area contributed by atoms with E-state index in [1.165, 1.54) is 45.1 Å². The predicted octanol–water partition coefficient (Wildman–Crippen LogP) is 2.57. The third-order valence-corrected chi connectivity index (χ3v) is 3.69. The summed E-state index contributed by atoms with van der Waals surface area (Å²) in [5.74, 6) is 4.51. The Labute approximate surface area is 87.7 Å². The van der Waals surface area contributed by atoms with Crippen molar-refractivity contribution < 1.29 is 0 Å². The Bertz CT molecular complexity index is 212. The van der Waals surface area contributed by atoms with Crippen molar-refractivity contribution in [2.45, 2.75) is 51.0 Å². The Kier molecular flexibility index (Phi) is 3.48. The second-order valence-corrected chi connectivity index (χ2v) is 4.90. The molecular formula is C13H21N. The zero-order chi connectivity index (χ0) is 9.80. The van der Waals surface area contributed by atoms with E-state index in [0.29, 0.717) is 0 Å². The van der Waals surface area contributed by atoms with Crippen LogP contribution in [0.1, 0.15) is 44.9 Å². The van der Waals surface area contributed by atoms with Gasteiger partial charge in [-0.1, -0.05) is 12.8 Å². The number of hydrogen-bond acceptors (Lipinski definition) is 1. The van der Waals surface area contributed by atoms with Crippen LogP contribution < -0.4 is 5.32 Å². The molecule has 2 rings (SSSR count). The fourth-order valence-corrected chi connectivity index (χ4v) is 2.58. The molecule has 2 unspecified atom stereocenters. The fraction of sp³-hybridized carbons (Fsp3) is 0.846. The van der Waals surface area contributed by atoms with Crippen molar-refractivity contribution in [3.63, 3.8) is 0 Å². The lowest BCUT2D eigenvalue weighted by Gasteiger charge is -2.30. The van der Waals surface area contributed by atoms with Crippen molar-refractivity contribution in [1.29, 1.82) is 0 Å². The maximum Gasteiger partial charge on any atom is 0.0117 e. The smallest absolute Gasteiger partial charge is 0.0117 e. The number of nitrogens with one attached hydrogen (secondary N) is 1. The van der Waals surface area contributed by atoms with E-state index >= 15 is 0 Å². The van der Waals surface area contributed by atoms with Gasteiger partial charge in [0.15, 0.2) is 0 Å². The van der Waals surface area contributed by atoms with Crippen LogP contribution in [0.5, 0.6) is 0 Å². The Morgan fingerprint density at radius 2 is 1.79 bits per heavy atom. The highest BCUT2D eigenvalue weighted by Crippen LogP contribution is 2.32. The van der Waals surface area contributed by atoms with E-state index in [1.54, 1.807) is 0 Å². The molecule has 2 aliphatic rings. The van der Waals surface area contributed by atoms with Crippen molar-refractivity contribution in [3.8, 4) is 12.3 Å². The number of hydrogen-bond donors (Lipinski definition) is 1. The maximum atomic E-state index is 5.42. The van der Waals surface area contributed by atoms with Crippen molar-refractivity contribution in [2.75, 3.05) is 6.54 Å². The molecule has 0 saturated heterocycles. The van der Waals surface area contributed by atoms with E-state index in [-0.39, 0.29) is 0 Å². The molecule has 78 valence electrons. The second-order valence-electron chi connectivity index (χ2n) is 4.90. The normalized spacial score (nSPS) is 32.5. The van der Waals surface area contributed by atoms with Crippen LogP contribution in [0.4, 0.5) is 0 Å². The van der Waals surface area contributed by atoms with Gasteiger partial charge in [-0.3, -0.25) is 0 Å². The van der Waals surface area contributed by atoms with Gasteiger partial charge in [-0.2, -0.15) is 0 Å². The Balaban J connectivity index is 1.76. The first-order valence-electron chi connectivity index (χ1n) is 6.07. The van der Waals surface area contributed by atoms with Gasteiger partial charge >= 0.3 is 0 Å². The summed E-state index contributed by atoms with van der Waals surface area (Å²) in [6.45, 7) is 1.22. The van der Waals surface area contributed by atoms with Gasteiger partial charge in [-0.25, -0.2) is 0 Å². The van der Waals surface area contributed by atoms with Crippen LogP contribution in [0.15, 0.2) is 0 Å². The molecule has 1 heteroatoms. The van der Waals surface area contributed by atoms with Gasteiger partial charge in [-0.15, -0.1) is 12.3 Å². The summed E-state index contributed by atoms with van der Waals surface area (Å²) in [7, 11) is 0. The van der Waals surface area contributed by atoms with Crippen LogP contribution in [0.25, 0.3) is 0 Å². The molecule has 0 radical (unpaired) electrons. The monoisotopic (exact) mass is 191 g/mol. The molecular weight excluding hydrogens is 170 g/mol. The van der Waals surface area contributed by atoms with Crippen molar-refractivity contribution in [2.24, 2.45) is 11.8 Å². The van der Waals surface area contributed by atoms with Gasteiger partial charge in [0.2, 0.25) is 0 Å². The van der Waals surface area contributed by atoms with Gasteiger partial charge in [0.1, 0.15) is 0 Å². The third kappa shape index (κ3) is 2.75. The number of terminal acetylenes is 1. The molecule has 1 N–H and O–H groups in total. The Morgan fingerprint density at radius 1 is 1.07 bits per heavy atom. The topological polar surface area (TPSA) is 12.0 Å². The molecule has 2 fully saturated rings. The van der Waals surface area contributed by atoms with E-state index in [0.717, 1.165) is 24.3 Å². The van der Waals surface area contributed by atoms with Crippen molar-refractivity contribution >= 4 is 0 Å². The van der Waals surface area contributed by atoms with Gasteiger partial charge < -0.3 is 5.32 Å². The predicted molar refractivity (Wildman–Crippen MR) is 59.9 cm³/mol. The molecule has 0 heterocycles. The fourth-order valence-electron chi connectivity index (χ4n) is 2.58. The first kappa shape index (κ1) is 10.1. The van der Waals surface area contributed by atoms with E-state index in [2.05, 4.69) is 11.2 Å². The van der Waals surface area contributed by atoms with Crippen LogP contribution in [0.2, 0.25) is 0 Å². The van der Waals surface area contributed by atoms with E-state index in [1.807, 2.05) is 0 Å². The average Bonchev–Trinajstić information content (AvgIpc) is 3.01. The molecule has 1 nitrogen and oxygen atoms in total. The van der Waals surface area contributed by atoms with Gasteiger partial charge in [0.25, 0.3) is 0 Å². The molecule has 0 aromatic rings. The van der Waals surface area contributed by atoms with Crippen LogP contribution in [-0.2, 0) is 0 Å². The largest absolute Gasteiger partial charge is 0.314 e. The third-order valence-electron chi connectivity index (χ3n) is 3.69. The summed E-state index contributed by atoms with van der Waals surface area (Å²) >= 11 is 0. The van der Waals surface area contributed by atoms with Gasteiger partial charge in [-0.05, 0) is 44.1 Å². The lowest BCUT2D eigenvalue weighted by atomic mass is 9.77. The van der Waals surface area contributed by atoms with Crippen LogP contribution in [0, 0.1) is 24.2 Å². The van der Waals surface area contributed by atoms with Crippen LogP contribution in [0.3, 0.4) is 0 Å². The SMILES string of the molecule is C#CCC1CCCCC1CNC1CC1. The summed E-state index contributed by atoms with van der Waals surface area (Å²) in [4.78, 5) is 0. The molecule has 2 aliphatic carbocycles. The molecule has 0 amide bonds. The standard InChI is InChI=1S/C13H21N/c1-2-5-11-6-3-4-7-12(11)10-14-13-8-9-13/h1,11-14H,3-10H2. The first-order valence-corrected chi connectivity index (χ1v) is 6.07. The first-order chi connectivity index (χ1) is 6.90.